The van der Waals surface area contributed by atoms with E-state index in [1.807, 2.05) is 0 Å². The van der Waals surface area contributed by atoms with Crippen molar-refractivity contribution in [1.29, 1.82) is 0 Å². The first-order valence-corrected chi connectivity index (χ1v) is 6.78. The van der Waals surface area contributed by atoms with Gasteiger partial charge in [0.25, 0.3) is 0 Å². The molecule has 2 N–H and O–H groups in total. The van der Waals surface area contributed by atoms with Crippen molar-refractivity contribution in [3.63, 3.8) is 0 Å². The van der Waals surface area contributed by atoms with Crippen LogP contribution < -0.4 is 10.6 Å². The van der Waals surface area contributed by atoms with E-state index in [1.54, 1.807) is 0 Å². The van der Waals surface area contributed by atoms with Crippen LogP contribution in [0.25, 0.3) is 0 Å². The van der Waals surface area contributed by atoms with Gasteiger partial charge in [-0.25, -0.2) is 0 Å². The minimum absolute atomic E-state index is 0.168. The van der Waals surface area contributed by atoms with Crippen molar-refractivity contribution in [3.8, 4) is 0 Å². The minimum atomic E-state index is -0.168. The molecule has 1 atom stereocenters. The normalized spacial score (nSPS) is 26.3. The Labute approximate surface area is 108 Å². The van der Waals surface area contributed by atoms with Gasteiger partial charge in [-0.1, -0.05) is 29.8 Å². The van der Waals surface area contributed by atoms with Crippen LogP contribution in [0, 0.1) is 12.3 Å². The van der Waals surface area contributed by atoms with E-state index in [4.69, 9.17) is 0 Å². The van der Waals surface area contributed by atoms with Crippen LogP contribution in [-0.4, -0.2) is 25.5 Å². The molecule has 1 unspecified atom stereocenters. The van der Waals surface area contributed by atoms with Crippen molar-refractivity contribution < 1.29 is 4.79 Å². The summed E-state index contributed by atoms with van der Waals surface area (Å²) in [6.45, 7) is 4.82. The first-order valence-electron chi connectivity index (χ1n) is 6.78. The fourth-order valence-electron chi connectivity index (χ4n) is 3.50. The predicted molar refractivity (Wildman–Crippen MR) is 71.5 cm³/mol. The molecular weight excluding hydrogens is 224 g/mol. The summed E-state index contributed by atoms with van der Waals surface area (Å²) in [6, 6.07) is 8.61. The molecule has 0 saturated carbocycles. The molecule has 2 aliphatic heterocycles. The molecule has 3 nitrogen and oxygen atoms in total. The van der Waals surface area contributed by atoms with Crippen molar-refractivity contribution in [2.45, 2.75) is 25.7 Å². The molecule has 2 fully saturated rings. The Balaban J connectivity index is 1.98. The van der Waals surface area contributed by atoms with Crippen LogP contribution >= 0.6 is 0 Å². The van der Waals surface area contributed by atoms with Gasteiger partial charge in [0.2, 0.25) is 5.91 Å². The molecule has 3 rings (SSSR count). The van der Waals surface area contributed by atoms with Gasteiger partial charge in [-0.3, -0.25) is 4.79 Å². The Morgan fingerprint density at radius 1 is 1.28 bits per heavy atom. The van der Waals surface area contributed by atoms with Gasteiger partial charge in [-0.2, -0.15) is 0 Å². The lowest BCUT2D eigenvalue weighted by Crippen LogP contribution is -2.44. The lowest BCUT2D eigenvalue weighted by atomic mass is 9.68. The van der Waals surface area contributed by atoms with Crippen LogP contribution in [0.5, 0.6) is 0 Å². The zero-order valence-corrected chi connectivity index (χ0v) is 10.8. The van der Waals surface area contributed by atoms with E-state index in [0.29, 0.717) is 5.92 Å². The lowest BCUT2D eigenvalue weighted by molar-refractivity contribution is -0.129. The number of carbonyl (C=O) groups is 1. The van der Waals surface area contributed by atoms with Crippen LogP contribution in [0.1, 0.15) is 29.9 Å². The summed E-state index contributed by atoms with van der Waals surface area (Å²) in [5, 5.41) is 6.44. The number of nitrogens with one attached hydrogen (secondary N) is 2. The second-order valence-electron chi connectivity index (χ2n) is 5.58. The lowest BCUT2D eigenvalue weighted by Gasteiger charge is -2.36. The molecule has 0 aliphatic carbocycles. The number of hydrogen-bond acceptors (Lipinski definition) is 2. The molecular formula is C15H20N2O. The van der Waals surface area contributed by atoms with E-state index in [2.05, 4.69) is 41.8 Å². The number of carbonyl (C=O) groups excluding carboxylic acids is 1. The summed E-state index contributed by atoms with van der Waals surface area (Å²) < 4.78 is 0. The predicted octanol–water partition coefficient (Wildman–Crippen LogP) is 1.58. The number of piperidine rings is 1. The summed E-state index contributed by atoms with van der Waals surface area (Å²) in [4.78, 5) is 12.3. The first-order chi connectivity index (χ1) is 8.72. The van der Waals surface area contributed by atoms with Crippen molar-refractivity contribution in [2.24, 2.45) is 5.41 Å². The SMILES string of the molecule is Cc1cccc(C2CNC(=O)C23CCNCC3)c1. The summed E-state index contributed by atoms with van der Waals surface area (Å²) in [5.74, 6) is 0.600. The van der Waals surface area contributed by atoms with Crippen molar-refractivity contribution >= 4 is 5.91 Å². The number of rotatable bonds is 1. The maximum Gasteiger partial charge on any atom is 0.227 e. The van der Waals surface area contributed by atoms with Gasteiger partial charge in [0, 0.05) is 12.5 Å². The number of aryl methyl sites for hydroxylation is 1. The van der Waals surface area contributed by atoms with Gasteiger partial charge in [-0.15, -0.1) is 0 Å². The van der Waals surface area contributed by atoms with E-state index in [1.165, 1.54) is 11.1 Å². The standard InChI is InChI=1S/C15H20N2O/c1-11-3-2-4-12(9-11)13-10-17-14(18)15(13)5-7-16-8-6-15/h2-4,9,13,16H,5-8,10H2,1H3,(H,17,18). The number of hydrogen-bond donors (Lipinski definition) is 2. The Morgan fingerprint density at radius 2 is 2.06 bits per heavy atom. The molecule has 2 saturated heterocycles. The Hall–Kier alpha value is -1.35. The minimum Gasteiger partial charge on any atom is -0.355 e. The van der Waals surface area contributed by atoms with E-state index in [0.717, 1.165) is 32.5 Å². The topological polar surface area (TPSA) is 41.1 Å². The van der Waals surface area contributed by atoms with Crippen LogP contribution in [0.2, 0.25) is 0 Å². The van der Waals surface area contributed by atoms with E-state index in [9.17, 15) is 4.79 Å². The third-order valence-electron chi connectivity index (χ3n) is 4.53. The fourth-order valence-corrected chi connectivity index (χ4v) is 3.50. The zero-order chi connectivity index (χ0) is 12.6. The molecule has 1 aromatic carbocycles. The Morgan fingerprint density at radius 3 is 2.78 bits per heavy atom. The third kappa shape index (κ3) is 1.74. The molecule has 1 spiro atoms. The number of benzene rings is 1. The zero-order valence-electron chi connectivity index (χ0n) is 10.8. The highest BCUT2D eigenvalue weighted by atomic mass is 16.2. The smallest absolute Gasteiger partial charge is 0.227 e. The summed E-state index contributed by atoms with van der Waals surface area (Å²) >= 11 is 0. The van der Waals surface area contributed by atoms with Crippen molar-refractivity contribution in [1.82, 2.24) is 10.6 Å². The van der Waals surface area contributed by atoms with Gasteiger partial charge in [0.15, 0.2) is 0 Å². The van der Waals surface area contributed by atoms with Crippen molar-refractivity contribution in [3.05, 3.63) is 35.4 Å². The van der Waals surface area contributed by atoms with Crippen LogP contribution in [0.3, 0.4) is 0 Å². The van der Waals surface area contributed by atoms with Gasteiger partial charge in [0.05, 0.1) is 5.41 Å². The molecule has 1 aromatic rings. The molecule has 1 amide bonds. The molecule has 96 valence electrons. The monoisotopic (exact) mass is 244 g/mol. The van der Waals surface area contributed by atoms with E-state index < -0.39 is 0 Å². The van der Waals surface area contributed by atoms with E-state index in [-0.39, 0.29) is 11.3 Å². The molecule has 2 aliphatic rings. The first kappa shape index (κ1) is 11.7. The maximum atomic E-state index is 12.3. The Bertz CT molecular complexity index is 463. The maximum absolute atomic E-state index is 12.3. The highest BCUT2D eigenvalue weighted by molar-refractivity contribution is 5.86. The summed E-state index contributed by atoms with van der Waals surface area (Å²) in [7, 11) is 0. The van der Waals surface area contributed by atoms with E-state index >= 15 is 0 Å². The Kier molecular flexibility index (Phi) is 2.86. The van der Waals surface area contributed by atoms with Crippen LogP contribution in [0.4, 0.5) is 0 Å². The van der Waals surface area contributed by atoms with Gasteiger partial charge < -0.3 is 10.6 Å². The summed E-state index contributed by atoms with van der Waals surface area (Å²) in [6.07, 6.45) is 1.91. The van der Waals surface area contributed by atoms with Crippen molar-refractivity contribution in [2.75, 3.05) is 19.6 Å². The second-order valence-corrected chi connectivity index (χ2v) is 5.58. The molecule has 0 aromatic heterocycles. The fraction of sp³-hybridized carbons (Fsp3) is 0.533. The molecule has 18 heavy (non-hydrogen) atoms. The highest BCUT2D eigenvalue weighted by Gasteiger charge is 2.50. The summed E-state index contributed by atoms with van der Waals surface area (Å²) in [5.41, 5.74) is 2.42. The highest BCUT2D eigenvalue weighted by Crippen LogP contribution is 2.46. The molecule has 3 heteroatoms. The molecule has 0 bridgehead atoms. The average molecular weight is 244 g/mol. The third-order valence-corrected chi connectivity index (χ3v) is 4.53. The van der Waals surface area contributed by atoms with Gasteiger partial charge >= 0.3 is 0 Å². The van der Waals surface area contributed by atoms with Crippen LogP contribution in [0.15, 0.2) is 24.3 Å². The largest absolute Gasteiger partial charge is 0.355 e. The number of amides is 1. The van der Waals surface area contributed by atoms with Gasteiger partial charge in [-0.05, 0) is 38.4 Å². The molecule has 0 radical (unpaired) electrons. The molecule has 2 heterocycles. The average Bonchev–Trinajstić information content (AvgIpc) is 2.68. The second kappa shape index (κ2) is 4.39. The quantitative estimate of drug-likeness (QED) is 0.787. The van der Waals surface area contributed by atoms with Crippen LogP contribution in [-0.2, 0) is 4.79 Å². The van der Waals surface area contributed by atoms with Gasteiger partial charge in [0.1, 0.15) is 0 Å².